The van der Waals surface area contributed by atoms with Gasteiger partial charge in [0.15, 0.2) is 0 Å². The third-order valence-electron chi connectivity index (χ3n) is 4.51. The number of amides is 1. The van der Waals surface area contributed by atoms with Crippen LogP contribution < -0.4 is 10.5 Å². The quantitative estimate of drug-likeness (QED) is 0.730. The van der Waals surface area contributed by atoms with Gasteiger partial charge in [-0.1, -0.05) is 35.3 Å². The lowest BCUT2D eigenvalue weighted by Gasteiger charge is -2.26. The van der Waals surface area contributed by atoms with E-state index in [1.54, 1.807) is 37.2 Å². The monoisotopic (exact) mass is 388 g/mol. The van der Waals surface area contributed by atoms with Crippen molar-refractivity contribution in [1.29, 1.82) is 0 Å². The van der Waals surface area contributed by atoms with E-state index in [1.165, 1.54) is 10.6 Å². The number of halogens is 2. The zero-order valence-corrected chi connectivity index (χ0v) is 15.5. The normalized spacial score (nSPS) is 16.2. The fourth-order valence-corrected chi connectivity index (χ4v) is 3.65. The van der Waals surface area contributed by atoms with Crippen molar-refractivity contribution in [1.82, 2.24) is 14.8 Å². The number of fused-ring (bicyclic) bond motifs is 1. The summed E-state index contributed by atoms with van der Waals surface area (Å²) in [4.78, 5) is 26.7. The van der Waals surface area contributed by atoms with Crippen LogP contribution in [-0.4, -0.2) is 20.7 Å². The van der Waals surface area contributed by atoms with Crippen molar-refractivity contribution in [3.63, 3.8) is 0 Å². The highest BCUT2D eigenvalue weighted by molar-refractivity contribution is 6.31. The Hall–Kier alpha value is -2.57. The van der Waals surface area contributed by atoms with Gasteiger partial charge in [0.2, 0.25) is 0 Å². The molecular formula is C18H14Cl2N4O2. The summed E-state index contributed by atoms with van der Waals surface area (Å²) >= 11 is 12.1. The molecule has 1 aromatic carbocycles. The second-order valence-electron chi connectivity index (χ2n) is 6.20. The van der Waals surface area contributed by atoms with E-state index in [1.807, 2.05) is 12.1 Å². The Morgan fingerprint density at radius 1 is 1.15 bits per heavy atom. The van der Waals surface area contributed by atoms with Crippen LogP contribution in [0, 0.1) is 6.92 Å². The van der Waals surface area contributed by atoms with Crippen LogP contribution in [0.1, 0.15) is 33.4 Å². The molecule has 1 N–H and O–H groups in total. The van der Waals surface area contributed by atoms with Crippen LogP contribution in [0.15, 0.2) is 41.3 Å². The van der Waals surface area contributed by atoms with Crippen LogP contribution in [0.5, 0.6) is 0 Å². The van der Waals surface area contributed by atoms with Gasteiger partial charge in [0.25, 0.3) is 11.5 Å². The van der Waals surface area contributed by atoms with E-state index in [0.717, 1.165) is 5.56 Å². The van der Waals surface area contributed by atoms with Gasteiger partial charge in [0.05, 0.1) is 11.3 Å². The first-order chi connectivity index (χ1) is 12.4. The van der Waals surface area contributed by atoms with Crippen molar-refractivity contribution in [3.05, 3.63) is 79.4 Å². The second-order valence-corrected chi connectivity index (χ2v) is 7.04. The first-order valence-corrected chi connectivity index (χ1v) is 8.64. The molecule has 0 bridgehead atoms. The molecule has 3 aromatic rings. The summed E-state index contributed by atoms with van der Waals surface area (Å²) in [6.45, 7) is 1.81. The Labute approximate surface area is 159 Å². The highest BCUT2D eigenvalue weighted by Crippen LogP contribution is 2.41. The average Bonchev–Trinajstić information content (AvgIpc) is 3.12. The number of hydrogen-bond donors (Lipinski definition) is 1. The summed E-state index contributed by atoms with van der Waals surface area (Å²) in [5, 5.41) is 7.88. The number of aromatic amines is 1. The molecular weight excluding hydrogens is 375 g/mol. The number of nitrogens with one attached hydrogen (secondary N) is 1. The molecule has 132 valence electrons. The molecule has 8 heteroatoms. The maximum Gasteiger partial charge on any atom is 0.269 e. The van der Waals surface area contributed by atoms with Crippen LogP contribution in [-0.2, 0) is 7.05 Å². The number of hydrogen-bond acceptors (Lipinski definition) is 3. The fourth-order valence-electron chi connectivity index (χ4n) is 3.28. The molecule has 26 heavy (non-hydrogen) atoms. The molecule has 1 aliphatic rings. The molecule has 1 aliphatic heterocycles. The predicted molar refractivity (Wildman–Crippen MR) is 100 cm³/mol. The lowest BCUT2D eigenvalue weighted by atomic mass is 10.0. The molecule has 6 nitrogen and oxygen atoms in total. The number of rotatable bonds is 2. The molecule has 0 radical (unpaired) electrons. The number of aromatic nitrogens is 3. The summed E-state index contributed by atoms with van der Waals surface area (Å²) in [5.41, 5.74) is 2.94. The van der Waals surface area contributed by atoms with Gasteiger partial charge in [0, 0.05) is 24.0 Å². The van der Waals surface area contributed by atoms with Crippen LogP contribution in [0.25, 0.3) is 0 Å². The summed E-state index contributed by atoms with van der Waals surface area (Å²) in [7, 11) is 1.60. The molecule has 0 saturated carbocycles. The Kier molecular flexibility index (Phi) is 3.89. The molecule has 1 atom stereocenters. The van der Waals surface area contributed by atoms with E-state index in [4.69, 9.17) is 23.2 Å². The molecule has 1 amide bonds. The topological polar surface area (TPSA) is 71.0 Å². The number of carbonyl (C=O) groups is 1. The van der Waals surface area contributed by atoms with Crippen LogP contribution in [0.4, 0.5) is 5.69 Å². The van der Waals surface area contributed by atoms with Gasteiger partial charge >= 0.3 is 0 Å². The molecule has 0 aliphatic carbocycles. The summed E-state index contributed by atoms with van der Waals surface area (Å²) in [6.07, 6.45) is 1.60. The maximum atomic E-state index is 13.1. The van der Waals surface area contributed by atoms with Crippen molar-refractivity contribution in [2.45, 2.75) is 13.0 Å². The minimum Gasteiger partial charge on any atom is -0.315 e. The van der Waals surface area contributed by atoms with Crippen LogP contribution >= 0.6 is 23.2 Å². The van der Waals surface area contributed by atoms with Crippen molar-refractivity contribution in [3.8, 4) is 0 Å². The molecule has 0 unspecified atom stereocenters. The molecule has 0 spiro atoms. The number of H-pyrrole nitrogens is 1. The predicted octanol–water partition coefficient (Wildman–Crippen LogP) is 3.47. The SMILES string of the molecule is Cc1[nH]nc2c1C(=O)N(c1cc(Cl)c(=O)n(C)c1)[C@H]2c1ccc(Cl)cc1. The molecule has 0 fully saturated rings. The van der Waals surface area contributed by atoms with Gasteiger partial charge in [0.1, 0.15) is 16.8 Å². The van der Waals surface area contributed by atoms with Gasteiger partial charge in [-0.3, -0.25) is 19.6 Å². The Bertz CT molecular complexity index is 1060. The van der Waals surface area contributed by atoms with E-state index in [0.29, 0.717) is 27.7 Å². The van der Waals surface area contributed by atoms with Crippen molar-refractivity contribution in [2.75, 3.05) is 4.90 Å². The fraction of sp³-hybridized carbons (Fsp3) is 0.167. The lowest BCUT2D eigenvalue weighted by molar-refractivity contribution is 0.0992. The largest absolute Gasteiger partial charge is 0.315 e. The standard InChI is InChI=1S/C18H14Cl2N4O2/c1-9-14-15(22-21-9)16(10-3-5-11(19)6-4-10)24(18(14)26)12-7-13(20)17(25)23(2)8-12/h3-8,16H,1-2H3,(H,21,22)/t16-/m0/s1. The Morgan fingerprint density at radius 2 is 1.85 bits per heavy atom. The van der Waals surface area contributed by atoms with Gasteiger partial charge < -0.3 is 4.57 Å². The number of pyridine rings is 1. The van der Waals surface area contributed by atoms with E-state index < -0.39 is 6.04 Å². The number of anilines is 1. The average molecular weight is 389 g/mol. The first kappa shape index (κ1) is 16.9. The number of nitrogens with zero attached hydrogens (tertiary/aromatic N) is 3. The van der Waals surface area contributed by atoms with Gasteiger partial charge in [-0.2, -0.15) is 5.10 Å². The van der Waals surface area contributed by atoms with E-state index in [9.17, 15) is 9.59 Å². The summed E-state index contributed by atoms with van der Waals surface area (Å²) in [6, 6.07) is 8.32. The third-order valence-corrected chi connectivity index (χ3v) is 5.04. The summed E-state index contributed by atoms with van der Waals surface area (Å²) < 4.78 is 1.36. The van der Waals surface area contributed by atoms with Crippen molar-refractivity contribution < 1.29 is 4.79 Å². The molecule has 0 saturated heterocycles. The highest BCUT2D eigenvalue weighted by atomic mass is 35.5. The molecule has 2 aromatic heterocycles. The van der Waals surface area contributed by atoms with Crippen molar-refractivity contribution >= 4 is 34.8 Å². The van der Waals surface area contributed by atoms with Crippen LogP contribution in [0.2, 0.25) is 10.0 Å². The maximum absolute atomic E-state index is 13.1. The van der Waals surface area contributed by atoms with Crippen LogP contribution in [0.3, 0.4) is 0 Å². The zero-order valence-electron chi connectivity index (χ0n) is 14.0. The lowest BCUT2D eigenvalue weighted by Crippen LogP contribution is -2.31. The molecule has 4 rings (SSSR count). The smallest absolute Gasteiger partial charge is 0.269 e. The molecule has 3 heterocycles. The minimum atomic E-state index is -0.437. The van der Waals surface area contributed by atoms with Gasteiger partial charge in [-0.25, -0.2) is 0 Å². The first-order valence-electron chi connectivity index (χ1n) is 7.88. The van der Waals surface area contributed by atoms with E-state index in [-0.39, 0.29) is 16.5 Å². The van der Waals surface area contributed by atoms with Gasteiger partial charge in [-0.15, -0.1) is 0 Å². The number of aryl methyl sites for hydroxylation is 2. The van der Waals surface area contributed by atoms with E-state index in [2.05, 4.69) is 10.2 Å². The second kappa shape index (κ2) is 6.00. The van der Waals surface area contributed by atoms with Crippen molar-refractivity contribution in [2.24, 2.45) is 7.05 Å². The number of benzene rings is 1. The third kappa shape index (κ3) is 2.45. The highest BCUT2D eigenvalue weighted by Gasteiger charge is 2.42. The van der Waals surface area contributed by atoms with Gasteiger partial charge in [-0.05, 0) is 30.7 Å². The summed E-state index contributed by atoms with van der Waals surface area (Å²) in [5.74, 6) is -0.194. The number of carbonyl (C=O) groups excluding carboxylic acids is 1. The zero-order chi connectivity index (χ0) is 18.6. The Morgan fingerprint density at radius 3 is 2.50 bits per heavy atom. The van der Waals surface area contributed by atoms with E-state index >= 15 is 0 Å². The Balaban J connectivity index is 1.93. The minimum absolute atomic E-state index is 0.0514.